The first-order valence-corrected chi connectivity index (χ1v) is 7.39. The van der Waals surface area contributed by atoms with Crippen molar-refractivity contribution in [2.75, 3.05) is 7.11 Å². The van der Waals surface area contributed by atoms with Gasteiger partial charge in [0.2, 0.25) is 0 Å². The van der Waals surface area contributed by atoms with E-state index in [1.165, 1.54) is 19.2 Å². The van der Waals surface area contributed by atoms with Gasteiger partial charge < -0.3 is 15.3 Å². The van der Waals surface area contributed by atoms with Crippen LogP contribution >= 0.6 is 34.8 Å². The van der Waals surface area contributed by atoms with E-state index >= 15 is 0 Å². The summed E-state index contributed by atoms with van der Waals surface area (Å²) in [5.41, 5.74) is 6.28. The number of amidine groups is 1. The highest BCUT2D eigenvalue weighted by molar-refractivity contribution is 6.36. The number of halogens is 3. The number of nitrogens with zero attached hydrogens (tertiary/aromatic N) is 1. The molecule has 0 aliphatic carbocycles. The van der Waals surface area contributed by atoms with Gasteiger partial charge in [-0.05, 0) is 36.4 Å². The molecule has 0 aliphatic heterocycles. The molecule has 5 nitrogen and oxygen atoms in total. The summed E-state index contributed by atoms with van der Waals surface area (Å²) >= 11 is 17.7. The van der Waals surface area contributed by atoms with Crippen LogP contribution in [-0.4, -0.2) is 18.9 Å². The minimum absolute atomic E-state index is 0.0685. The van der Waals surface area contributed by atoms with E-state index in [0.29, 0.717) is 21.4 Å². The van der Waals surface area contributed by atoms with E-state index < -0.39 is 5.97 Å². The zero-order valence-corrected chi connectivity index (χ0v) is 14.1. The Morgan fingerprint density at radius 1 is 1.04 bits per heavy atom. The average molecular weight is 374 g/mol. The molecular weight excluding hydrogens is 363 g/mol. The molecule has 0 atom stereocenters. The normalized spacial score (nSPS) is 11.2. The maximum atomic E-state index is 12.1. The summed E-state index contributed by atoms with van der Waals surface area (Å²) in [4.78, 5) is 16.9. The van der Waals surface area contributed by atoms with Crippen LogP contribution in [0.2, 0.25) is 15.1 Å². The molecule has 8 heteroatoms. The summed E-state index contributed by atoms with van der Waals surface area (Å²) in [6, 6.07) is 9.20. The minimum Gasteiger partial charge on any atom is -0.496 e. The van der Waals surface area contributed by atoms with Crippen molar-refractivity contribution in [3.63, 3.8) is 0 Å². The van der Waals surface area contributed by atoms with Crippen molar-refractivity contribution in [3.05, 3.63) is 62.6 Å². The van der Waals surface area contributed by atoms with Crippen LogP contribution in [0.15, 0.2) is 41.6 Å². The Morgan fingerprint density at radius 2 is 1.70 bits per heavy atom. The number of nitrogens with two attached hydrogens (primary N) is 1. The number of ether oxygens (including phenoxy) is 1. The number of hydrogen-bond donors (Lipinski definition) is 1. The lowest BCUT2D eigenvalue weighted by molar-refractivity contribution is 0.0512. The van der Waals surface area contributed by atoms with Crippen molar-refractivity contribution >= 4 is 46.6 Å². The molecule has 2 rings (SSSR count). The van der Waals surface area contributed by atoms with Crippen LogP contribution in [0.3, 0.4) is 0 Å². The molecule has 0 heterocycles. The molecule has 23 heavy (non-hydrogen) atoms. The topological polar surface area (TPSA) is 73.9 Å². The van der Waals surface area contributed by atoms with E-state index in [1.807, 2.05) is 0 Å². The molecule has 0 aliphatic rings. The third-order valence-electron chi connectivity index (χ3n) is 2.82. The van der Waals surface area contributed by atoms with Crippen LogP contribution in [0.25, 0.3) is 0 Å². The van der Waals surface area contributed by atoms with Gasteiger partial charge in [-0.25, -0.2) is 4.79 Å². The average Bonchev–Trinajstić information content (AvgIpc) is 2.52. The van der Waals surface area contributed by atoms with Crippen molar-refractivity contribution in [2.24, 2.45) is 10.9 Å². The minimum atomic E-state index is -0.766. The Morgan fingerprint density at radius 3 is 2.35 bits per heavy atom. The van der Waals surface area contributed by atoms with Gasteiger partial charge >= 0.3 is 5.97 Å². The SMILES string of the molecule is COc1ccc(Cl)cc1C(=O)O/N=C(\N)c1ccc(Cl)cc1Cl. The first kappa shape index (κ1) is 17.4. The highest BCUT2D eigenvalue weighted by Crippen LogP contribution is 2.24. The van der Waals surface area contributed by atoms with Gasteiger partial charge in [-0.1, -0.05) is 40.0 Å². The molecule has 0 radical (unpaired) electrons. The quantitative estimate of drug-likeness (QED) is 0.378. The smallest absolute Gasteiger partial charge is 0.369 e. The molecule has 0 spiro atoms. The van der Waals surface area contributed by atoms with Crippen LogP contribution in [0.1, 0.15) is 15.9 Å². The first-order chi connectivity index (χ1) is 10.9. The van der Waals surface area contributed by atoms with Crippen LogP contribution in [-0.2, 0) is 4.84 Å². The molecule has 0 bridgehead atoms. The summed E-state index contributed by atoms with van der Waals surface area (Å²) in [6.45, 7) is 0. The second-order valence-electron chi connectivity index (χ2n) is 4.32. The summed E-state index contributed by atoms with van der Waals surface area (Å²) < 4.78 is 5.07. The van der Waals surface area contributed by atoms with Crippen LogP contribution < -0.4 is 10.5 Å². The predicted octanol–water partition coefficient (Wildman–Crippen LogP) is 4.13. The summed E-state index contributed by atoms with van der Waals surface area (Å²) in [5.74, 6) is -0.531. The van der Waals surface area contributed by atoms with E-state index in [-0.39, 0.29) is 16.4 Å². The van der Waals surface area contributed by atoms with Gasteiger partial charge in [-0.3, -0.25) is 0 Å². The highest BCUT2D eigenvalue weighted by Gasteiger charge is 2.15. The van der Waals surface area contributed by atoms with E-state index in [4.69, 9.17) is 50.1 Å². The van der Waals surface area contributed by atoms with Crippen molar-refractivity contribution < 1.29 is 14.4 Å². The van der Waals surface area contributed by atoms with Gasteiger partial charge in [0.25, 0.3) is 0 Å². The number of hydrogen-bond acceptors (Lipinski definition) is 4. The maximum absolute atomic E-state index is 12.1. The lowest BCUT2D eigenvalue weighted by Gasteiger charge is -2.07. The molecule has 2 aromatic rings. The van der Waals surface area contributed by atoms with E-state index in [0.717, 1.165) is 0 Å². The summed E-state index contributed by atoms with van der Waals surface area (Å²) in [7, 11) is 1.42. The van der Waals surface area contributed by atoms with Crippen molar-refractivity contribution in [2.45, 2.75) is 0 Å². The second-order valence-corrected chi connectivity index (χ2v) is 5.60. The van der Waals surface area contributed by atoms with Crippen LogP contribution in [0.4, 0.5) is 0 Å². The molecule has 2 N–H and O–H groups in total. The fourth-order valence-corrected chi connectivity index (χ4v) is 2.40. The number of carbonyl (C=O) groups is 1. The Kier molecular flexibility index (Phi) is 5.71. The van der Waals surface area contributed by atoms with Gasteiger partial charge in [-0.15, -0.1) is 0 Å². The third-order valence-corrected chi connectivity index (χ3v) is 3.60. The monoisotopic (exact) mass is 372 g/mol. The molecule has 0 aromatic heterocycles. The third kappa shape index (κ3) is 4.28. The number of rotatable bonds is 4. The van der Waals surface area contributed by atoms with E-state index in [1.54, 1.807) is 24.3 Å². The maximum Gasteiger partial charge on any atom is 0.369 e. The number of methoxy groups -OCH3 is 1. The molecule has 0 saturated heterocycles. The molecule has 0 unspecified atom stereocenters. The van der Waals surface area contributed by atoms with E-state index in [2.05, 4.69) is 5.16 Å². The zero-order valence-electron chi connectivity index (χ0n) is 11.8. The Hall–Kier alpha value is -1.95. The fraction of sp³-hybridized carbons (Fsp3) is 0.0667. The Balaban J connectivity index is 2.22. The van der Waals surface area contributed by atoms with Crippen molar-refractivity contribution in [1.82, 2.24) is 0 Å². The first-order valence-electron chi connectivity index (χ1n) is 6.26. The zero-order chi connectivity index (χ0) is 17.0. The van der Waals surface area contributed by atoms with Gasteiger partial charge in [0.15, 0.2) is 5.84 Å². The largest absolute Gasteiger partial charge is 0.496 e. The Bertz CT molecular complexity index is 779. The summed E-state index contributed by atoms with van der Waals surface area (Å²) in [6.07, 6.45) is 0. The molecule has 0 amide bonds. The molecule has 0 fully saturated rings. The molecule has 2 aromatic carbocycles. The summed E-state index contributed by atoms with van der Waals surface area (Å²) in [5, 5.41) is 4.68. The Labute approximate surface area is 147 Å². The van der Waals surface area contributed by atoms with Gasteiger partial charge in [0, 0.05) is 15.6 Å². The lowest BCUT2D eigenvalue weighted by Crippen LogP contribution is -2.16. The van der Waals surface area contributed by atoms with Gasteiger partial charge in [-0.2, -0.15) is 0 Å². The van der Waals surface area contributed by atoms with Crippen molar-refractivity contribution in [3.8, 4) is 5.75 Å². The standard InChI is InChI=1S/C15H11Cl3N2O3/c1-22-13-5-3-8(16)6-11(13)15(21)23-20-14(19)10-4-2-9(17)7-12(10)18/h2-7H,1H3,(H2,19,20). The molecule has 120 valence electrons. The van der Waals surface area contributed by atoms with E-state index in [9.17, 15) is 4.79 Å². The van der Waals surface area contributed by atoms with Gasteiger partial charge in [0.05, 0.1) is 12.1 Å². The van der Waals surface area contributed by atoms with Crippen molar-refractivity contribution in [1.29, 1.82) is 0 Å². The van der Waals surface area contributed by atoms with Gasteiger partial charge in [0.1, 0.15) is 11.3 Å². The van der Waals surface area contributed by atoms with Crippen LogP contribution in [0.5, 0.6) is 5.75 Å². The lowest BCUT2D eigenvalue weighted by atomic mass is 10.2. The predicted molar refractivity (Wildman–Crippen MR) is 90.6 cm³/mol. The number of benzene rings is 2. The van der Waals surface area contributed by atoms with Crippen LogP contribution in [0, 0.1) is 0 Å². The molecular formula is C15H11Cl3N2O3. The number of carbonyl (C=O) groups excluding carboxylic acids is 1. The fourth-order valence-electron chi connectivity index (χ4n) is 1.73. The number of oxime groups is 1. The highest BCUT2D eigenvalue weighted by atomic mass is 35.5. The molecule has 0 saturated carbocycles. The second kappa shape index (κ2) is 7.55.